The van der Waals surface area contributed by atoms with E-state index in [-0.39, 0.29) is 13.0 Å². The Morgan fingerprint density at radius 1 is 1.32 bits per heavy atom. The van der Waals surface area contributed by atoms with Crippen LogP contribution < -0.4 is 0 Å². The standard InChI is InChI=1S/C14H18N2O2S/c1-3-16(11-4-10-15)19(17,18)12-9-14-7-5-13(2)6-8-14/h5-9,12H,3-4,11H2,1-2H3. The van der Waals surface area contributed by atoms with Gasteiger partial charge in [-0.15, -0.1) is 0 Å². The summed E-state index contributed by atoms with van der Waals surface area (Å²) >= 11 is 0. The molecule has 0 aliphatic rings. The van der Waals surface area contributed by atoms with Crippen LogP contribution in [0.25, 0.3) is 6.08 Å². The highest BCUT2D eigenvalue weighted by Crippen LogP contribution is 2.09. The first-order valence-corrected chi connectivity index (χ1v) is 7.61. The number of rotatable bonds is 6. The maximum atomic E-state index is 12.0. The van der Waals surface area contributed by atoms with Gasteiger partial charge in [-0.25, -0.2) is 8.42 Å². The van der Waals surface area contributed by atoms with Crippen LogP contribution in [0.3, 0.4) is 0 Å². The van der Waals surface area contributed by atoms with Gasteiger partial charge >= 0.3 is 0 Å². The minimum absolute atomic E-state index is 0.200. The van der Waals surface area contributed by atoms with E-state index in [9.17, 15) is 8.42 Å². The molecule has 0 fully saturated rings. The first-order valence-electron chi connectivity index (χ1n) is 6.11. The summed E-state index contributed by atoms with van der Waals surface area (Å²) in [7, 11) is -3.45. The van der Waals surface area contributed by atoms with Gasteiger partial charge in [-0.1, -0.05) is 36.8 Å². The molecule has 0 atom stereocenters. The topological polar surface area (TPSA) is 61.2 Å². The Bertz CT molecular complexity index is 568. The second-order valence-electron chi connectivity index (χ2n) is 4.16. The first-order chi connectivity index (χ1) is 8.99. The van der Waals surface area contributed by atoms with Crippen LogP contribution in [0.15, 0.2) is 29.7 Å². The first kappa shape index (κ1) is 15.4. The van der Waals surface area contributed by atoms with E-state index >= 15 is 0 Å². The van der Waals surface area contributed by atoms with E-state index < -0.39 is 10.0 Å². The average Bonchev–Trinajstić information content (AvgIpc) is 2.39. The number of nitriles is 1. The predicted molar refractivity (Wildman–Crippen MR) is 76.6 cm³/mol. The number of nitrogens with zero attached hydrogens (tertiary/aromatic N) is 2. The van der Waals surface area contributed by atoms with Crippen molar-refractivity contribution < 1.29 is 8.42 Å². The van der Waals surface area contributed by atoms with Gasteiger partial charge < -0.3 is 0 Å². The molecule has 0 heterocycles. The van der Waals surface area contributed by atoms with Crippen molar-refractivity contribution in [1.29, 1.82) is 5.26 Å². The summed E-state index contributed by atoms with van der Waals surface area (Å²) in [4.78, 5) is 0. The van der Waals surface area contributed by atoms with E-state index in [2.05, 4.69) is 0 Å². The average molecular weight is 278 g/mol. The van der Waals surface area contributed by atoms with Gasteiger partial charge in [0.1, 0.15) is 0 Å². The highest BCUT2D eigenvalue weighted by Gasteiger charge is 2.16. The summed E-state index contributed by atoms with van der Waals surface area (Å²) in [5.41, 5.74) is 1.97. The third kappa shape index (κ3) is 4.86. The molecular formula is C14H18N2O2S. The molecule has 5 heteroatoms. The largest absolute Gasteiger partial charge is 0.236 e. The maximum Gasteiger partial charge on any atom is 0.236 e. The second-order valence-corrected chi connectivity index (χ2v) is 5.98. The van der Waals surface area contributed by atoms with Crippen LogP contribution in [-0.4, -0.2) is 25.8 Å². The van der Waals surface area contributed by atoms with E-state index in [1.54, 1.807) is 13.0 Å². The van der Waals surface area contributed by atoms with Gasteiger partial charge in [0, 0.05) is 24.9 Å². The van der Waals surface area contributed by atoms with Crippen molar-refractivity contribution in [2.75, 3.05) is 13.1 Å². The number of sulfonamides is 1. The van der Waals surface area contributed by atoms with E-state index in [1.165, 1.54) is 9.71 Å². The molecule has 0 bridgehead atoms. The Balaban J connectivity index is 2.83. The van der Waals surface area contributed by atoms with Gasteiger partial charge in [0.2, 0.25) is 10.0 Å². The highest BCUT2D eigenvalue weighted by atomic mass is 32.2. The molecule has 0 spiro atoms. The monoisotopic (exact) mass is 278 g/mol. The zero-order valence-corrected chi connectivity index (χ0v) is 12.0. The smallest absolute Gasteiger partial charge is 0.208 e. The summed E-state index contributed by atoms with van der Waals surface area (Å²) < 4.78 is 25.4. The van der Waals surface area contributed by atoms with E-state index in [0.29, 0.717) is 6.54 Å². The second kappa shape index (κ2) is 7.07. The fourth-order valence-electron chi connectivity index (χ4n) is 1.57. The van der Waals surface area contributed by atoms with E-state index in [4.69, 9.17) is 5.26 Å². The molecule has 0 aliphatic heterocycles. The zero-order chi connectivity index (χ0) is 14.3. The molecule has 0 radical (unpaired) electrons. The maximum absolute atomic E-state index is 12.0. The van der Waals surface area contributed by atoms with Crippen LogP contribution in [0, 0.1) is 18.3 Å². The van der Waals surface area contributed by atoms with Crippen LogP contribution in [0.4, 0.5) is 0 Å². The van der Waals surface area contributed by atoms with Crippen molar-refractivity contribution in [3.63, 3.8) is 0 Å². The van der Waals surface area contributed by atoms with Gasteiger partial charge in [-0.3, -0.25) is 0 Å². The molecule has 1 aromatic carbocycles. The van der Waals surface area contributed by atoms with Crippen molar-refractivity contribution >= 4 is 16.1 Å². The molecule has 1 rings (SSSR count). The normalized spacial score (nSPS) is 11.9. The molecule has 102 valence electrons. The Kier molecular flexibility index (Phi) is 5.74. The Morgan fingerprint density at radius 3 is 2.47 bits per heavy atom. The Morgan fingerprint density at radius 2 is 1.95 bits per heavy atom. The fraction of sp³-hybridized carbons (Fsp3) is 0.357. The van der Waals surface area contributed by atoms with Gasteiger partial charge in [-0.2, -0.15) is 9.57 Å². The van der Waals surface area contributed by atoms with E-state index in [0.717, 1.165) is 11.1 Å². The highest BCUT2D eigenvalue weighted by molar-refractivity contribution is 7.92. The van der Waals surface area contributed by atoms with Crippen LogP contribution in [0.2, 0.25) is 0 Å². The summed E-state index contributed by atoms with van der Waals surface area (Å²) in [6.45, 7) is 4.33. The molecule has 0 N–H and O–H groups in total. The predicted octanol–water partition coefficient (Wildman–Crippen LogP) is 2.53. The number of hydrogen-bond donors (Lipinski definition) is 0. The van der Waals surface area contributed by atoms with Crippen molar-refractivity contribution in [2.24, 2.45) is 0 Å². The Hall–Kier alpha value is -1.64. The summed E-state index contributed by atoms with van der Waals surface area (Å²) in [6.07, 6.45) is 1.77. The van der Waals surface area contributed by atoms with Gasteiger partial charge in [0.05, 0.1) is 6.07 Å². The van der Waals surface area contributed by atoms with E-state index in [1.807, 2.05) is 37.3 Å². The van der Waals surface area contributed by atoms with Crippen LogP contribution in [-0.2, 0) is 10.0 Å². The van der Waals surface area contributed by atoms with Crippen molar-refractivity contribution in [1.82, 2.24) is 4.31 Å². The quantitative estimate of drug-likeness (QED) is 0.803. The minimum atomic E-state index is -3.45. The molecule has 0 unspecified atom stereocenters. The van der Waals surface area contributed by atoms with Gasteiger partial charge in [0.25, 0.3) is 0 Å². The van der Waals surface area contributed by atoms with Crippen molar-refractivity contribution in [3.8, 4) is 6.07 Å². The van der Waals surface area contributed by atoms with Crippen LogP contribution >= 0.6 is 0 Å². The lowest BCUT2D eigenvalue weighted by Crippen LogP contribution is -2.29. The molecule has 19 heavy (non-hydrogen) atoms. The third-order valence-electron chi connectivity index (χ3n) is 2.70. The van der Waals surface area contributed by atoms with Crippen molar-refractivity contribution in [2.45, 2.75) is 20.3 Å². The lowest BCUT2D eigenvalue weighted by atomic mass is 10.2. The molecule has 0 aromatic heterocycles. The Labute approximate surface area is 115 Å². The number of aryl methyl sites for hydroxylation is 1. The molecule has 0 amide bonds. The van der Waals surface area contributed by atoms with Gasteiger partial charge in [-0.05, 0) is 18.6 Å². The minimum Gasteiger partial charge on any atom is -0.208 e. The number of benzene rings is 1. The summed E-state index contributed by atoms with van der Waals surface area (Å²) in [5.74, 6) is 0. The van der Waals surface area contributed by atoms with Crippen LogP contribution in [0.5, 0.6) is 0 Å². The third-order valence-corrected chi connectivity index (χ3v) is 4.34. The number of hydrogen-bond acceptors (Lipinski definition) is 3. The summed E-state index contributed by atoms with van der Waals surface area (Å²) in [6, 6.07) is 9.55. The lowest BCUT2D eigenvalue weighted by Gasteiger charge is -2.16. The van der Waals surface area contributed by atoms with Crippen LogP contribution in [0.1, 0.15) is 24.5 Å². The zero-order valence-electron chi connectivity index (χ0n) is 11.2. The SMILES string of the molecule is CCN(CCC#N)S(=O)(=O)C=Cc1ccc(C)cc1. The molecule has 0 saturated heterocycles. The molecule has 1 aromatic rings. The molecular weight excluding hydrogens is 260 g/mol. The lowest BCUT2D eigenvalue weighted by molar-refractivity contribution is 0.442. The molecule has 0 aliphatic carbocycles. The molecule has 4 nitrogen and oxygen atoms in total. The van der Waals surface area contributed by atoms with Gasteiger partial charge in [0.15, 0.2) is 0 Å². The van der Waals surface area contributed by atoms with Crippen molar-refractivity contribution in [3.05, 3.63) is 40.8 Å². The fourth-order valence-corrected chi connectivity index (χ4v) is 2.78. The summed E-state index contributed by atoms with van der Waals surface area (Å²) in [5, 5.41) is 9.71. The molecule has 0 saturated carbocycles.